The molecule has 2 heterocycles. The zero-order valence-corrected chi connectivity index (χ0v) is 20.0. The number of esters is 2. The standard InChI is InChI=1S/C24H29N3O4S/c1-6-30-23(28)20-16(3)25-18(14-27-13-12-26(4)15-27)22(24(29)31-7-2)21(20)17-10-8-9-11-19(17)32-5/h8-13,15,21H,6-7,14H2,1-5H3/p+1. The van der Waals surface area contributed by atoms with Crippen molar-refractivity contribution in [1.82, 2.24) is 9.88 Å². The van der Waals surface area contributed by atoms with E-state index in [9.17, 15) is 9.59 Å². The van der Waals surface area contributed by atoms with Crippen LogP contribution in [0, 0.1) is 0 Å². The summed E-state index contributed by atoms with van der Waals surface area (Å²) in [5.41, 5.74) is 3.11. The third kappa shape index (κ3) is 4.91. The lowest BCUT2D eigenvalue weighted by molar-refractivity contribution is -0.671. The highest BCUT2D eigenvalue weighted by Gasteiger charge is 2.40. The molecule has 0 amide bonds. The van der Waals surface area contributed by atoms with E-state index < -0.39 is 17.9 Å². The Morgan fingerprint density at radius 1 is 1.12 bits per heavy atom. The summed E-state index contributed by atoms with van der Waals surface area (Å²) in [6.07, 6.45) is 7.78. The van der Waals surface area contributed by atoms with E-state index in [1.165, 1.54) is 0 Å². The van der Waals surface area contributed by atoms with Crippen LogP contribution in [-0.2, 0) is 32.7 Å². The van der Waals surface area contributed by atoms with E-state index in [4.69, 9.17) is 9.47 Å². The van der Waals surface area contributed by atoms with Crippen LogP contribution in [0.1, 0.15) is 32.3 Å². The number of aryl methyl sites for hydroxylation is 1. The maximum atomic E-state index is 13.3. The van der Waals surface area contributed by atoms with Crippen LogP contribution in [0.5, 0.6) is 0 Å². The summed E-state index contributed by atoms with van der Waals surface area (Å²) in [4.78, 5) is 27.4. The van der Waals surface area contributed by atoms with E-state index in [1.54, 1.807) is 25.6 Å². The summed E-state index contributed by atoms with van der Waals surface area (Å²) < 4.78 is 14.8. The van der Waals surface area contributed by atoms with Gasteiger partial charge < -0.3 is 14.8 Å². The fourth-order valence-corrected chi connectivity index (χ4v) is 4.58. The summed E-state index contributed by atoms with van der Waals surface area (Å²) >= 11 is 1.57. The summed E-state index contributed by atoms with van der Waals surface area (Å²) in [6, 6.07) is 7.82. The Bertz CT molecular complexity index is 1070. The van der Waals surface area contributed by atoms with Crippen LogP contribution in [0.3, 0.4) is 0 Å². The van der Waals surface area contributed by atoms with Crippen molar-refractivity contribution in [2.24, 2.45) is 7.05 Å². The largest absolute Gasteiger partial charge is 0.463 e. The third-order valence-electron chi connectivity index (χ3n) is 5.25. The average molecular weight is 457 g/mol. The predicted octanol–water partition coefficient (Wildman–Crippen LogP) is 3.08. The minimum Gasteiger partial charge on any atom is -0.463 e. The van der Waals surface area contributed by atoms with Crippen LogP contribution in [0.15, 0.2) is 70.4 Å². The topological polar surface area (TPSA) is 73.4 Å². The van der Waals surface area contributed by atoms with E-state index >= 15 is 0 Å². The number of allylic oxidation sites excluding steroid dienone is 2. The third-order valence-corrected chi connectivity index (χ3v) is 6.06. The van der Waals surface area contributed by atoms with Crippen molar-refractivity contribution in [3.63, 3.8) is 0 Å². The molecule has 3 rings (SSSR count). The number of rotatable bonds is 8. The van der Waals surface area contributed by atoms with Gasteiger partial charge in [0.2, 0.25) is 6.33 Å². The fraction of sp³-hybridized carbons (Fsp3) is 0.375. The van der Waals surface area contributed by atoms with Crippen LogP contribution in [-0.4, -0.2) is 36.0 Å². The second kappa shape index (κ2) is 10.5. The Morgan fingerprint density at radius 3 is 2.38 bits per heavy atom. The van der Waals surface area contributed by atoms with Gasteiger partial charge in [-0.2, -0.15) is 0 Å². The Morgan fingerprint density at radius 2 is 1.78 bits per heavy atom. The smallest absolute Gasteiger partial charge is 0.336 e. The average Bonchev–Trinajstić information content (AvgIpc) is 3.17. The SMILES string of the molecule is CCOC(=O)C1=C(C)NC(Cn2cc[n+](C)c2)=C(C(=O)OCC)C1c1ccccc1SC. The molecule has 32 heavy (non-hydrogen) atoms. The molecule has 1 unspecified atom stereocenters. The number of nitrogens with zero attached hydrogens (tertiary/aromatic N) is 2. The van der Waals surface area contributed by atoms with Gasteiger partial charge in [0, 0.05) is 10.6 Å². The molecular formula is C24H30N3O4S+. The zero-order chi connectivity index (χ0) is 23.3. The predicted molar refractivity (Wildman–Crippen MR) is 123 cm³/mol. The van der Waals surface area contributed by atoms with Crippen LogP contribution >= 0.6 is 11.8 Å². The lowest BCUT2D eigenvalue weighted by Crippen LogP contribution is -2.35. The quantitative estimate of drug-likeness (QED) is 0.374. The molecule has 0 saturated heterocycles. The van der Waals surface area contributed by atoms with Gasteiger partial charge in [0.05, 0.1) is 43.0 Å². The van der Waals surface area contributed by atoms with E-state index in [-0.39, 0.29) is 13.2 Å². The highest BCUT2D eigenvalue weighted by Crippen LogP contribution is 2.42. The van der Waals surface area contributed by atoms with Crippen molar-refractivity contribution in [2.45, 2.75) is 38.1 Å². The number of thioether (sulfide) groups is 1. The van der Waals surface area contributed by atoms with Gasteiger partial charge in [0.25, 0.3) is 0 Å². The molecule has 0 saturated carbocycles. The van der Waals surface area contributed by atoms with Gasteiger partial charge in [-0.05, 0) is 38.7 Å². The van der Waals surface area contributed by atoms with Crippen LogP contribution < -0.4 is 9.88 Å². The van der Waals surface area contributed by atoms with Crippen molar-refractivity contribution < 1.29 is 23.6 Å². The molecule has 2 aromatic rings. The number of imidazole rings is 1. The molecule has 1 aliphatic rings. The molecule has 1 atom stereocenters. The van der Waals surface area contributed by atoms with Crippen molar-refractivity contribution >= 4 is 23.7 Å². The van der Waals surface area contributed by atoms with Gasteiger partial charge in [-0.3, -0.25) is 0 Å². The van der Waals surface area contributed by atoms with Crippen molar-refractivity contribution in [2.75, 3.05) is 19.5 Å². The first-order valence-electron chi connectivity index (χ1n) is 10.6. The van der Waals surface area contributed by atoms with Crippen molar-refractivity contribution in [3.8, 4) is 0 Å². The van der Waals surface area contributed by atoms with Gasteiger partial charge in [0.15, 0.2) is 0 Å². The zero-order valence-electron chi connectivity index (χ0n) is 19.2. The highest BCUT2D eigenvalue weighted by molar-refractivity contribution is 7.98. The minimum absolute atomic E-state index is 0.239. The number of ether oxygens (including phenoxy) is 2. The van der Waals surface area contributed by atoms with Crippen LogP contribution in [0.25, 0.3) is 0 Å². The molecule has 0 radical (unpaired) electrons. The number of hydrogen-bond acceptors (Lipinski definition) is 6. The second-order valence-corrected chi connectivity index (χ2v) is 8.27. The highest BCUT2D eigenvalue weighted by atomic mass is 32.2. The van der Waals surface area contributed by atoms with E-state index in [1.807, 2.05) is 72.3 Å². The Kier molecular flexibility index (Phi) is 7.80. The van der Waals surface area contributed by atoms with Crippen molar-refractivity contribution in [1.29, 1.82) is 0 Å². The first-order chi connectivity index (χ1) is 15.4. The molecule has 8 heteroatoms. The maximum absolute atomic E-state index is 13.3. The van der Waals surface area contributed by atoms with Gasteiger partial charge in [-0.1, -0.05) is 18.2 Å². The van der Waals surface area contributed by atoms with Crippen LogP contribution in [0.4, 0.5) is 0 Å². The van der Waals surface area contributed by atoms with E-state index in [0.717, 1.165) is 10.5 Å². The van der Waals surface area contributed by atoms with Gasteiger partial charge in [-0.25, -0.2) is 18.7 Å². The summed E-state index contributed by atoms with van der Waals surface area (Å²) in [6.45, 7) is 6.31. The van der Waals surface area contributed by atoms with E-state index in [0.29, 0.717) is 29.1 Å². The molecule has 7 nitrogen and oxygen atoms in total. The summed E-state index contributed by atoms with van der Waals surface area (Å²) in [7, 11) is 1.94. The van der Waals surface area contributed by atoms with Gasteiger partial charge in [0.1, 0.15) is 18.9 Å². The number of dihydropyridines is 1. The van der Waals surface area contributed by atoms with Crippen molar-refractivity contribution in [3.05, 3.63) is 71.1 Å². The lowest BCUT2D eigenvalue weighted by atomic mass is 9.80. The molecule has 1 aromatic heterocycles. The molecule has 0 aliphatic carbocycles. The van der Waals surface area contributed by atoms with E-state index in [2.05, 4.69) is 5.32 Å². The normalized spacial score (nSPS) is 16.1. The number of nitrogens with one attached hydrogen (secondary N) is 1. The molecule has 170 valence electrons. The first kappa shape index (κ1) is 23.7. The number of hydrogen-bond donors (Lipinski definition) is 1. The molecule has 1 aromatic carbocycles. The monoisotopic (exact) mass is 456 g/mol. The molecule has 0 bridgehead atoms. The Hall–Kier alpha value is -3.00. The molecule has 1 N–H and O–H groups in total. The van der Waals surface area contributed by atoms with Gasteiger partial charge >= 0.3 is 11.9 Å². The summed E-state index contributed by atoms with van der Waals surface area (Å²) in [5.74, 6) is -1.48. The van der Waals surface area contributed by atoms with Crippen LogP contribution in [0.2, 0.25) is 0 Å². The number of benzene rings is 1. The Balaban J connectivity index is 2.24. The number of aromatic nitrogens is 2. The first-order valence-corrected chi connectivity index (χ1v) is 11.8. The lowest BCUT2D eigenvalue weighted by Gasteiger charge is -2.31. The van der Waals surface area contributed by atoms with Gasteiger partial charge in [-0.15, -0.1) is 11.8 Å². The molecular weight excluding hydrogens is 426 g/mol. The molecule has 0 spiro atoms. The second-order valence-electron chi connectivity index (χ2n) is 7.42. The fourth-order valence-electron chi connectivity index (χ4n) is 3.94. The molecule has 0 fully saturated rings. The Labute approximate surface area is 193 Å². The molecule has 1 aliphatic heterocycles. The minimum atomic E-state index is -0.600. The number of carbonyl (C=O) groups is 2. The number of carbonyl (C=O) groups excluding carboxylic acids is 2. The summed E-state index contributed by atoms with van der Waals surface area (Å²) in [5, 5.41) is 3.31. The maximum Gasteiger partial charge on any atom is 0.336 e.